The number of anilines is 2. The Balaban J connectivity index is 2.24. The quantitative estimate of drug-likeness (QED) is 0.741. The first-order chi connectivity index (χ1) is 11.2. The Morgan fingerprint density at radius 2 is 1.75 bits per heavy atom. The molecule has 0 aliphatic rings. The SMILES string of the molecule is CS(=O)(=O)N(CC(=O)Nc1cc(Cl)cc(Cl)c1)c1ccccc1Br. The number of rotatable bonds is 5. The highest BCUT2D eigenvalue weighted by atomic mass is 79.9. The van der Waals surface area contributed by atoms with Gasteiger partial charge < -0.3 is 5.32 Å². The molecule has 0 saturated carbocycles. The Morgan fingerprint density at radius 3 is 2.29 bits per heavy atom. The minimum absolute atomic E-state index is 0.364. The molecule has 0 radical (unpaired) electrons. The molecule has 9 heteroatoms. The minimum Gasteiger partial charge on any atom is -0.324 e. The fourth-order valence-corrected chi connectivity index (χ4v) is 4.00. The number of sulfonamides is 1. The van der Waals surface area contributed by atoms with Crippen LogP contribution < -0.4 is 9.62 Å². The van der Waals surface area contributed by atoms with Crippen molar-refractivity contribution in [3.8, 4) is 0 Å². The lowest BCUT2D eigenvalue weighted by Gasteiger charge is -2.23. The fraction of sp³-hybridized carbons (Fsp3) is 0.133. The van der Waals surface area contributed by atoms with E-state index in [4.69, 9.17) is 23.2 Å². The number of nitrogens with zero attached hydrogens (tertiary/aromatic N) is 1. The Hall–Kier alpha value is -1.28. The number of benzene rings is 2. The van der Waals surface area contributed by atoms with Crippen LogP contribution >= 0.6 is 39.1 Å². The molecule has 24 heavy (non-hydrogen) atoms. The zero-order valence-electron chi connectivity index (χ0n) is 12.5. The van der Waals surface area contributed by atoms with Crippen LogP contribution in [0.5, 0.6) is 0 Å². The molecule has 0 fully saturated rings. The molecule has 0 heterocycles. The molecule has 0 aromatic heterocycles. The molecule has 0 bridgehead atoms. The Kier molecular flexibility index (Phi) is 6.14. The van der Waals surface area contributed by atoms with E-state index in [0.717, 1.165) is 10.6 Å². The van der Waals surface area contributed by atoms with Gasteiger partial charge in [-0.05, 0) is 46.3 Å². The van der Waals surface area contributed by atoms with Gasteiger partial charge in [0.05, 0.1) is 11.9 Å². The lowest BCUT2D eigenvalue weighted by molar-refractivity contribution is -0.114. The van der Waals surface area contributed by atoms with Gasteiger partial charge >= 0.3 is 0 Å². The van der Waals surface area contributed by atoms with Crippen molar-refractivity contribution in [1.82, 2.24) is 0 Å². The lowest BCUT2D eigenvalue weighted by atomic mass is 10.3. The number of nitrogens with one attached hydrogen (secondary N) is 1. The minimum atomic E-state index is -3.65. The second kappa shape index (κ2) is 7.74. The van der Waals surface area contributed by atoms with Crippen LogP contribution in [0.1, 0.15) is 0 Å². The highest BCUT2D eigenvalue weighted by Gasteiger charge is 2.22. The van der Waals surface area contributed by atoms with Crippen molar-refractivity contribution in [2.24, 2.45) is 0 Å². The summed E-state index contributed by atoms with van der Waals surface area (Å²) in [6, 6.07) is 11.3. The van der Waals surface area contributed by atoms with Crippen molar-refractivity contribution in [3.05, 3.63) is 57.0 Å². The molecule has 1 amide bonds. The molecule has 5 nitrogen and oxygen atoms in total. The van der Waals surface area contributed by atoms with Gasteiger partial charge in [0, 0.05) is 20.2 Å². The first-order valence-corrected chi connectivity index (χ1v) is 10.0. The van der Waals surface area contributed by atoms with Crippen LogP contribution in [0.15, 0.2) is 46.9 Å². The second-order valence-corrected chi connectivity index (χ2v) is 8.56. The fourth-order valence-electron chi connectivity index (χ4n) is 1.99. The molecule has 0 spiro atoms. The highest BCUT2D eigenvalue weighted by molar-refractivity contribution is 9.10. The molecule has 1 N–H and O–H groups in total. The first-order valence-electron chi connectivity index (χ1n) is 6.65. The Morgan fingerprint density at radius 1 is 1.17 bits per heavy atom. The maximum absolute atomic E-state index is 12.3. The molecule has 2 rings (SSSR count). The summed E-state index contributed by atoms with van der Waals surface area (Å²) in [6.45, 7) is -0.383. The van der Waals surface area contributed by atoms with Crippen LogP contribution in [-0.2, 0) is 14.8 Å². The number of halogens is 3. The van der Waals surface area contributed by atoms with Gasteiger partial charge in [0.2, 0.25) is 15.9 Å². The van der Waals surface area contributed by atoms with Crippen LogP contribution in [0.3, 0.4) is 0 Å². The number of hydrogen-bond acceptors (Lipinski definition) is 3. The normalized spacial score (nSPS) is 11.2. The predicted molar refractivity (Wildman–Crippen MR) is 101 cm³/mol. The third-order valence-electron chi connectivity index (χ3n) is 2.96. The molecule has 128 valence electrons. The molecule has 0 saturated heterocycles. The van der Waals surface area contributed by atoms with Crippen LogP contribution in [0.25, 0.3) is 0 Å². The summed E-state index contributed by atoms with van der Waals surface area (Å²) >= 11 is 15.1. The van der Waals surface area contributed by atoms with E-state index < -0.39 is 15.9 Å². The summed E-state index contributed by atoms with van der Waals surface area (Å²) in [5.74, 6) is -0.519. The number of para-hydroxylation sites is 1. The van der Waals surface area contributed by atoms with Crippen molar-refractivity contribution in [2.75, 3.05) is 22.4 Å². The highest BCUT2D eigenvalue weighted by Crippen LogP contribution is 2.28. The summed E-state index contributed by atoms with van der Waals surface area (Å²) in [5.41, 5.74) is 0.761. The van der Waals surface area contributed by atoms with Gasteiger partial charge in [0.15, 0.2) is 0 Å². The van der Waals surface area contributed by atoms with Crippen molar-refractivity contribution in [2.45, 2.75) is 0 Å². The maximum atomic E-state index is 12.3. The Labute approximate surface area is 158 Å². The first kappa shape index (κ1) is 19.1. The summed E-state index contributed by atoms with van der Waals surface area (Å²) in [5, 5.41) is 3.31. The van der Waals surface area contributed by atoms with Gasteiger partial charge in [-0.25, -0.2) is 8.42 Å². The van der Waals surface area contributed by atoms with E-state index in [9.17, 15) is 13.2 Å². The van der Waals surface area contributed by atoms with Gasteiger partial charge in [-0.1, -0.05) is 35.3 Å². The van der Waals surface area contributed by atoms with Gasteiger partial charge in [0.25, 0.3) is 0 Å². The molecule has 0 aliphatic heterocycles. The third kappa shape index (κ3) is 5.11. The van der Waals surface area contributed by atoms with Crippen LogP contribution in [0.2, 0.25) is 10.0 Å². The molecule has 2 aromatic rings. The summed E-state index contributed by atoms with van der Waals surface area (Å²) in [4.78, 5) is 12.3. The van der Waals surface area contributed by atoms with Gasteiger partial charge in [-0.3, -0.25) is 9.10 Å². The standard InChI is InChI=1S/C15H13BrCl2N2O3S/c1-24(22,23)20(14-5-3-2-4-13(14)16)9-15(21)19-12-7-10(17)6-11(18)8-12/h2-8H,9H2,1H3,(H,19,21). The van der Waals surface area contributed by atoms with Crippen LogP contribution in [-0.4, -0.2) is 27.1 Å². The van der Waals surface area contributed by atoms with Crippen molar-refractivity contribution in [3.63, 3.8) is 0 Å². The van der Waals surface area contributed by atoms with E-state index in [1.807, 2.05) is 0 Å². The van der Waals surface area contributed by atoms with E-state index in [-0.39, 0.29) is 6.54 Å². The molecule has 0 atom stereocenters. The summed E-state index contributed by atoms with van der Waals surface area (Å²) < 4.78 is 25.7. The van der Waals surface area contributed by atoms with Gasteiger partial charge in [0.1, 0.15) is 6.54 Å². The topological polar surface area (TPSA) is 66.5 Å². The lowest BCUT2D eigenvalue weighted by Crippen LogP contribution is -2.37. The van der Waals surface area contributed by atoms with Crippen molar-refractivity contribution in [1.29, 1.82) is 0 Å². The maximum Gasteiger partial charge on any atom is 0.245 e. The van der Waals surface area contributed by atoms with E-state index >= 15 is 0 Å². The summed E-state index contributed by atoms with van der Waals surface area (Å²) in [6.07, 6.45) is 1.04. The monoisotopic (exact) mass is 450 g/mol. The number of carbonyl (C=O) groups excluding carboxylic acids is 1. The Bertz CT molecular complexity index is 855. The molecular formula is C15H13BrCl2N2O3S. The number of hydrogen-bond donors (Lipinski definition) is 1. The third-order valence-corrected chi connectivity index (χ3v) is 5.19. The number of amides is 1. The van der Waals surface area contributed by atoms with Crippen LogP contribution in [0.4, 0.5) is 11.4 Å². The van der Waals surface area contributed by atoms with Crippen molar-refractivity contribution < 1.29 is 13.2 Å². The molecule has 0 unspecified atom stereocenters. The van der Waals surface area contributed by atoms with Crippen LogP contribution in [0, 0.1) is 0 Å². The smallest absolute Gasteiger partial charge is 0.245 e. The van der Waals surface area contributed by atoms with Gasteiger partial charge in [-0.15, -0.1) is 0 Å². The predicted octanol–water partition coefficient (Wildman–Crippen LogP) is 4.16. The van der Waals surface area contributed by atoms with E-state index in [2.05, 4.69) is 21.2 Å². The number of carbonyl (C=O) groups is 1. The molecule has 0 aliphatic carbocycles. The van der Waals surface area contributed by atoms with E-state index in [0.29, 0.717) is 25.9 Å². The average molecular weight is 452 g/mol. The average Bonchev–Trinajstić information content (AvgIpc) is 2.43. The second-order valence-electron chi connectivity index (χ2n) is 4.93. The van der Waals surface area contributed by atoms with Crippen molar-refractivity contribution >= 4 is 66.4 Å². The molecular weight excluding hydrogens is 439 g/mol. The summed E-state index contributed by atoms with van der Waals surface area (Å²) in [7, 11) is -3.65. The zero-order chi connectivity index (χ0) is 17.9. The van der Waals surface area contributed by atoms with Gasteiger partial charge in [-0.2, -0.15) is 0 Å². The van der Waals surface area contributed by atoms with E-state index in [1.165, 1.54) is 18.2 Å². The molecule has 2 aromatic carbocycles. The zero-order valence-corrected chi connectivity index (χ0v) is 16.4. The van der Waals surface area contributed by atoms with E-state index in [1.54, 1.807) is 24.3 Å². The largest absolute Gasteiger partial charge is 0.324 e.